The quantitative estimate of drug-likeness (QED) is 0.668. The third-order valence-electron chi connectivity index (χ3n) is 4.32. The van der Waals surface area contributed by atoms with Gasteiger partial charge < -0.3 is 4.90 Å². The Hall–Kier alpha value is -2.46. The SMILES string of the molecule is Clc1cc(N2CCc3ccccc3CC2)nc(-c2ccccn2)n1. The van der Waals surface area contributed by atoms with Crippen molar-refractivity contribution in [2.24, 2.45) is 0 Å². The van der Waals surface area contributed by atoms with Crippen LogP contribution in [0.3, 0.4) is 0 Å². The number of rotatable bonds is 2. The van der Waals surface area contributed by atoms with Gasteiger partial charge in [-0.2, -0.15) is 0 Å². The summed E-state index contributed by atoms with van der Waals surface area (Å²) in [7, 11) is 0. The first-order chi connectivity index (χ1) is 11.8. The zero-order chi connectivity index (χ0) is 16.4. The third-order valence-corrected chi connectivity index (χ3v) is 4.51. The predicted octanol–water partition coefficient (Wildman–Crippen LogP) is 3.80. The van der Waals surface area contributed by atoms with Crippen LogP contribution in [0.25, 0.3) is 11.5 Å². The molecule has 3 heterocycles. The molecule has 0 atom stereocenters. The molecule has 0 unspecified atom stereocenters. The van der Waals surface area contributed by atoms with Crippen LogP contribution in [0, 0.1) is 0 Å². The molecule has 0 fully saturated rings. The Bertz CT molecular complexity index is 824. The van der Waals surface area contributed by atoms with E-state index in [-0.39, 0.29) is 0 Å². The molecule has 0 bridgehead atoms. The Labute approximate surface area is 146 Å². The normalized spacial score (nSPS) is 14.1. The van der Waals surface area contributed by atoms with Gasteiger partial charge in [0.2, 0.25) is 0 Å². The average Bonchev–Trinajstić information content (AvgIpc) is 2.85. The fraction of sp³-hybridized carbons (Fsp3) is 0.211. The summed E-state index contributed by atoms with van der Waals surface area (Å²) in [4.78, 5) is 15.6. The Balaban J connectivity index is 1.64. The highest BCUT2D eigenvalue weighted by atomic mass is 35.5. The lowest BCUT2D eigenvalue weighted by molar-refractivity contribution is 0.788. The van der Waals surface area contributed by atoms with Crippen molar-refractivity contribution in [1.29, 1.82) is 0 Å². The minimum atomic E-state index is 0.447. The minimum Gasteiger partial charge on any atom is -0.356 e. The molecule has 0 aliphatic carbocycles. The largest absolute Gasteiger partial charge is 0.356 e. The van der Waals surface area contributed by atoms with E-state index in [0.717, 1.165) is 37.4 Å². The summed E-state index contributed by atoms with van der Waals surface area (Å²) in [6.07, 6.45) is 3.76. The molecule has 0 saturated heterocycles. The summed E-state index contributed by atoms with van der Waals surface area (Å²) in [6.45, 7) is 1.85. The number of aromatic nitrogens is 3. The van der Waals surface area contributed by atoms with Gasteiger partial charge in [-0.25, -0.2) is 9.97 Å². The van der Waals surface area contributed by atoms with Crippen LogP contribution in [-0.2, 0) is 12.8 Å². The number of benzene rings is 1. The first-order valence-electron chi connectivity index (χ1n) is 8.07. The molecule has 24 heavy (non-hydrogen) atoms. The van der Waals surface area contributed by atoms with Crippen LogP contribution >= 0.6 is 11.6 Å². The third kappa shape index (κ3) is 3.10. The standard InChI is InChI=1S/C19H17ClN4/c20-17-13-18(23-19(22-17)16-7-3-4-10-21-16)24-11-8-14-5-1-2-6-15(14)9-12-24/h1-7,10,13H,8-9,11-12H2. The fourth-order valence-electron chi connectivity index (χ4n) is 3.07. The molecule has 0 saturated carbocycles. The van der Waals surface area contributed by atoms with Gasteiger partial charge >= 0.3 is 0 Å². The molecule has 4 rings (SSSR count). The fourth-order valence-corrected chi connectivity index (χ4v) is 3.25. The zero-order valence-corrected chi connectivity index (χ0v) is 13.9. The molecule has 0 spiro atoms. The Morgan fingerprint density at radius 1 is 0.875 bits per heavy atom. The molecular weight excluding hydrogens is 320 g/mol. The lowest BCUT2D eigenvalue weighted by Crippen LogP contribution is -2.27. The number of anilines is 1. The molecule has 5 heteroatoms. The molecule has 120 valence electrons. The van der Waals surface area contributed by atoms with E-state index in [0.29, 0.717) is 11.0 Å². The van der Waals surface area contributed by atoms with E-state index >= 15 is 0 Å². The number of hydrogen-bond acceptors (Lipinski definition) is 4. The lowest BCUT2D eigenvalue weighted by Gasteiger charge is -2.21. The smallest absolute Gasteiger partial charge is 0.181 e. The van der Waals surface area contributed by atoms with Crippen molar-refractivity contribution in [2.45, 2.75) is 12.8 Å². The van der Waals surface area contributed by atoms with Crippen molar-refractivity contribution >= 4 is 17.4 Å². The van der Waals surface area contributed by atoms with Crippen LogP contribution in [0.1, 0.15) is 11.1 Å². The van der Waals surface area contributed by atoms with Crippen LogP contribution in [0.5, 0.6) is 0 Å². The highest BCUT2D eigenvalue weighted by molar-refractivity contribution is 6.29. The molecule has 3 aromatic rings. The second kappa shape index (κ2) is 6.57. The van der Waals surface area contributed by atoms with Crippen molar-refractivity contribution in [3.05, 3.63) is 71.0 Å². The summed E-state index contributed by atoms with van der Waals surface area (Å²) >= 11 is 6.24. The van der Waals surface area contributed by atoms with Gasteiger partial charge in [-0.05, 0) is 36.1 Å². The van der Waals surface area contributed by atoms with Crippen LogP contribution in [0.4, 0.5) is 5.82 Å². The van der Waals surface area contributed by atoms with Crippen molar-refractivity contribution in [3.63, 3.8) is 0 Å². The molecule has 1 aliphatic heterocycles. The molecular formula is C19H17ClN4. The Kier molecular flexibility index (Phi) is 4.13. The van der Waals surface area contributed by atoms with Crippen molar-refractivity contribution in [2.75, 3.05) is 18.0 Å². The van der Waals surface area contributed by atoms with Gasteiger partial charge in [-0.15, -0.1) is 0 Å². The lowest BCUT2D eigenvalue weighted by atomic mass is 10.0. The molecule has 2 aromatic heterocycles. The summed E-state index contributed by atoms with van der Waals surface area (Å²) < 4.78 is 0. The number of nitrogens with zero attached hydrogens (tertiary/aromatic N) is 4. The molecule has 0 amide bonds. The summed E-state index contributed by atoms with van der Waals surface area (Å²) in [6, 6.07) is 16.2. The van der Waals surface area contributed by atoms with Crippen molar-refractivity contribution in [1.82, 2.24) is 15.0 Å². The van der Waals surface area contributed by atoms with Crippen LogP contribution in [0.2, 0.25) is 5.15 Å². The highest BCUT2D eigenvalue weighted by Crippen LogP contribution is 2.24. The molecule has 0 N–H and O–H groups in total. The molecule has 4 nitrogen and oxygen atoms in total. The van der Waals surface area contributed by atoms with E-state index in [1.807, 2.05) is 24.3 Å². The minimum absolute atomic E-state index is 0.447. The summed E-state index contributed by atoms with van der Waals surface area (Å²) in [5, 5.41) is 0.447. The molecule has 0 radical (unpaired) electrons. The van der Waals surface area contributed by atoms with E-state index in [4.69, 9.17) is 16.6 Å². The monoisotopic (exact) mass is 336 g/mol. The van der Waals surface area contributed by atoms with Gasteiger partial charge in [0.05, 0.1) is 0 Å². The number of pyridine rings is 1. The van der Waals surface area contributed by atoms with Gasteiger partial charge in [0.1, 0.15) is 16.7 Å². The van der Waals surface area contributed by atoms with Gasteiger partial charge in [-0.3, -0.25) is 4.98 Å². The van der Waals surface area contributed by atoms with Gasteiger partial charge in [-0.1, -0.05) is 41.9 Å². The first-order valence-corrected chi connectivity index (χ1v) is 8.45. The van der Waals surface area contributed by atoms with E-state index in [1.54, 1.807) is 6.20 Å². The Morgan fingerprint density at radius 3 is 2.25 bits per heavy atom. The topological polar surface area (TPSA) is 41.9 Å². The molecule has 1 aliphatic rings. The summed E-state index contributed by atoms with van der Waals surface area (Å²) in [5.74, 6) is 1.43. The number of fused-ring (bicyclic) bond motifs is 1. The van der Waals surface area contributed by atoms with Crippen LogP contribution < -0.4 is 4.90 Å². The Morgan fingerprint density at radius 2 is 1.58 bits per heavy atom. The molecule has 1 aromatic carbocycles. The second-order valence-corrected chi connectivity index (χ2v) is 6.23. The second-order valence-electron chi connectivity index (χ2n) is 5.84. The van der Waals surface area contributed by atoms with Gasteiger partial charge in [0.25, 0.3) is 0 Å². The van der Waals surface area contributed by atoms with Crippen molar-refractivity contribution < 1.29 is 0 Å². The maximum atomic E-state index is 6.24. The zero-order valence-electron chi connectivity index (χ0n) is 13.2. The number of hydrogen-bond donors (Lipinski definition) is 0. The van der Waals surface area contributed by atoms with E-state index in [2.05, 4.69) is 39.1 Å². The summed E-state index contributed by atoms with van der Waals surface area (Å²) in [5.41, 5.74) is 3.58. The van der Waals surface area contributed by atoms with E-state index in [9.17, 15) is 0 Å². The van der Waals surface area contributed by atoms with Gasteiger partial charge in [0, 0.05) is 25.4 Å². The van der Waals surface area contributed by atoms with Crippen LogP contribution in [-0.4, -0.2) is 28.0 Å². The highest BCUT2D eigenvalue weighted by Gasteiger charge is 2.17. The predicted molar refractivity (Wildman–Crippen MR) is 96.3 cm³/mol. The van der Waals surface area contributed by atoms with Crippen molar-refractivity contribution in [3.8, 4) is 11.5 Å². The van der Waals surface area contributed by atoms with Gasteiger partial charge in [0.15, 0.2) is 5.82 Å². The van der Waals surface area contributed by atoms with E-state index < -0.39 is 0 Å². The maximum absolute atomic E-state index is 6.24. The first kappa shape index (κ1) is 15.1. The van der Waals surface area contributed by atoms with E-state index in [1.165, 1.54) is 11.1 Å². The average molecular weight is 337 g/mol. The van der Waals surface area contributed by atoms with Crippen LogP contribution in [0.15, 0.2) is 54.7 Å². The number of halogens is 1. The maximum Gasteiger partial charge on any atom is 0.181 e.